The number of amides is 3. The molecule has 0 aliphatic carbocycles. The van der Waals surface area contributed by atoms with Crippen LogP contribution in [0.4, 0.5) is 18.0 Å². The van der Waals surface area contributed by atoms with Crippen LogP contribution in [0.15, 0.2) is 12.1 Å². The van der Waals surface area contributed by atoms with Gasteiger partial charge in [0.1, 0.15) is 5.82 Å². The molecule has 0 spiro atoms. The molecule has 1 N–H and O–H groups in total. The number of carbonyl (C=O) groups excluding carboxylic acids is 2. The summed E-state index contributed by atoms with van der Waals surface area (Å²) >= 11 is 0. The highest BCUT2D eigenvalue weighted by Gasteiger charge is 2.27. The third kappa shape index (κ3) is 3.32. The number of urea groups is 1. The Morgan fingerprint density at radius 3 is 2.14 bits per heavy atom. The van der Waals surface area contributed by atoms with Gasteiger partial charge in [-0.1, -0.05) is 0 Å². The summed E-state index contributed by atoms with van der Waals surface area (Å²) in [7, 11) is 0. The molecule has 1 saturated heterocycles. The second-order valence-corrected chi connectivity index (χ2v) is 4.86. The molecule has 0 radical (unpaired) electrons. The highest BCUT2D eigenvalue weighted by atomic mass is 19.2. The van der Waals surface area contributed by atoms with Crippen molar-refractivity contribution in [2.45, 2.75) is 6.92 Å². The van der Waals surface area contributed by atoms with Crippen molar-refractivity contribution in [3.05, 3.63) is 35.1 Å². The van der Waals surface area contributed by atoms with E-state index in [9.17, 15) is 22.8 Å². The van der Waals surface area contributed by atoms with Gasteiger partial charge in [0.25, 0.3) is 5.91 Å². The van der Waals surface area contributed by atoms with Crippen molar-refractivity contribution in [3.8, 4) is 0 Å². The number of nitrogens with one attached hydrogen (secondary N) is 1. The van der Waals surface area contributed by atoms with E-state index in [2.05, 4.69) is 5.32 Å². The maximum atomic E-state index is 13.6. The lowest BCUT2D eigenvalue weighted by atomic mass is 10.1. The molecule has 8 heteroatoms. The molecular formula is C14H16F3N3O2. The van der Waals surface area contributed by atoms with E-state index in [1.165, 1.54) is 9.80 Å². The Labute approximate surface area is 125 Å². The lowest BCUT2D eigenvalue weighted by Gasteiger charge is -2.34. The van der Waals surface area contributed by atoms with Gasteiger partial charge in [-0.2, -0.15) is 0 Å². The Kier molecular flexibility index (Phi) is 4.89. The standard InChI is InChI=1S/C14H16F3N3O2/c1-2-18-14(22)20-5-3-19(4-6-20)13(21)9-7-11(16)12(17)8-10(9)15/h7-8H,2-6H2,1H3,(H,18,22). The van der Waals surface area contributed by atoms with Crippen LogP contribution in [0.5, 0.6) is 0 Å². The first kappa shape index (κ1) is 16.1. The zero-order valence-corrected chi connectivity index (χ0v) is 12.0. The zero-order valence-electron chi connectivity index (χ0n) is 12.0. The van der Waals surface area contributed by atoms with E-state index in [0.717, 1.165) is 0 Å². The van der Waals surface area contributed by atoms with Crippen LogP contribution in [0.3, 0.4) is 0 Å². The van der Waals surface area contributed by atoms with E-state index in [1.807, 2.05) is 0 Å². The Hall–Kier alpha value is -2.25. The Balaban J connectivity index is 2.04. The number of hydrogen-bond acceptors (Lipinski definition) is 2. The maximum absolute atomic E-state index is 13.6. The Morgan fingerprint density at radius 2 is 1.55 bits per heavy atom. The van der Waals surface area contributed by atoms with Crippen LogP contribution >= 0.6 is 0 Å². The highest BCUT2D eigenvalue weighted by Crippen LogP contribution is 2.16. The van der Waals surface area contributed by atoms with Gasteiger partial charge in [0.2, 0.25) is 0 Å². The summed E-state index contributed by atoms with van der Waals surface area (Å²) < 4.78 is 39.7. The lowest BCUT2D eigenvalue weighted by molar-refractivity contribution is 0.0660. The van der Waals surface area contributed by atoms with E-state index < -0.39 is 28.9 Å². The summed E-state index contributed by atoms with van der Waals surface area (Å²) in [6.45, 7) is 3.29. The van der Waals surface area contributed by atoms with Crippen molar-refractivity contribution < 1.29 is 22.8 Å². The van der Waals surface area contributed by atoms with E-state index in [4.69, 9.17) is 0 Å². The SMILES string of the molecule is CCNC(=O)N1CCN(C(=O)c2cc(F)c(F)cc2F)CC1. The first-order valence-corrected chi connectivity index (χ1v) is 6.90. The van der Waals surface area contributed by atoms with Crippen molar-refractivity contribution >= 4 is 11.9 Å². The van der Waals surface area contributed by atoms with Crippen molar-refractivity contribution in [2.75, 3.05) is 32.7 Å². The van der Waals surface area contributed by atoms with Gasteiger partial charge >= 0.3 is 6.03 Å². The molecule has 0 atom stereocenters. The summed E-state index contributed by atoms with van der Waals surface area (Å²) in [6, 6.07) is 0.685. The van der Waals surface area contributed by atoms with Gasteiger partial charge in [-0.05, 0) is 13.0 Å². The van der Waals surface area contributed by atoms with E-state index in [-0.39, 0.29) is 19.1 Å². The first-order chi connectivity index (χ1) is 10.4. The summed E-state index contributed by atoms with van der Waals surface area (Å²) in [5.74, 6) is -4.43. The monoisotopic (exact) mass is 315 g/mol. The average molecular weight is 315 g/mol. The molecule has 1 aromatic rings. The van der Waals surface area contributed by atoms with Crippen LogP contribution in [0.1, 0.15) is 17.3 Å². The molecule has 1 aromatic carbocycles. The molecule has 2 rings (SSSR count). The largest absolute Gasteiger partial charge is 0.338 e. The van der Waals surface area contributed by atoms with E-state index >= 15 is 0 Å². The number of piperazine rings is 1. The van der Waals surface area contributed by atoms with Crippen LogP contribution < -0.4 is 5.32 Å². The number of hydrogen-bond donors (Lipinski definition) is 1. The number of rotatable bonds is 2. The zero-order chi connectivity index (χ0) is 16.3. The summed E-state index contributed by atoms with van der Waals surface area (Å²) in [4.78, 5) is 26.7. The fourth-order valence-corrected chi connectivity index (χ4v) is 2.23. The van der Waals surface area contributed by atoms with Gasteiger partial charge in [0.15, 0.2) is 11.6 Å². The molecule has 0 aromatic heterocycles. The second kappa shape index (κ2) is 6.67. The molecule has 1 heterocycles. The van der Waals surface area contributed by atoms with Crippen molar-refractivity contribution in [3.63, 3.8) is 0 Å². The minimum Gasteiger partial charge on any atom is -0.338 e. The summed E-state index contributed by atoms with van der Waals surface area (Å²) in [5.41, 5.74) is -0.509. The minimum atomic E-state index is -1.34. The average Bonchev–Trinajstić information content (AvgIpc) is 2.50. The van der Waals surface area contributed by atoms with E-state index in [0.29, 0.717) is 31.8 Å². The lowest BCUT2D eigenvalue weighted by Crippen LogP contribution is -2.53. The third-order valence-electron chi connectivity index (χ3n) is 3.42. The van der Waals surface area contributed by atoms with Crippen molar-refractivity contribution in [1.82, 2.24) is 15.1 Å². The van der Waals surface area contributed by atoms with Crippen LogP contribution in [-0.4, -0.2) is 54.5 Å². The molecule has 5 nitrogen and oxygen atoms in total. The van der Waals surface area contributed by atoms with Gasteiger partial charge in [0, 0.05) is 38.8 Å². The van der Waals surface area contributed by atoms with Crippen molar-refractivity contribution in [1.29, 1.82) is 0 Å². The molecule has 0 saturated carbocycles. The van der Waals surface area contributed by atoms with Gasteiger partial charge in [-0.25, -0.2) is 18.0 Å². The molecular weight excluding hydrogens is 299 g/mol. The molecule has 1 fully saturated rings. The minimum absolute atomic E-state index is 0.203. The molecule has 0 bridgehead atoms. The molecule has 1 aliphatic rings. The number of nitrogens with zero attached hydrogens (tertiary/aromatic N) is 2. The Morgan fingerprint density at radius 1 is 1.00 bits per heavy atom. The van der Waals surface area contributed by atoms with Crippen LogP contribution in [-0.2, 0) is 0 Å². The molecule has 0 unspecified atom stereocenters. The number of halogens is 3. The topological polar surface area (TPSA) is 52.7 Å². The molecule has 120 valence electrons. The normalized spacial score (nSPS) is 14.9. The second-order valence-electron chi connectivity index (χ2n) is 4.86. The quantitative estimate of drug-likeness (QED) is 0.843. The molecule has 1 aliphatic heterocycles. The number of carbonyl (C=O) groups is 2. The third-order valence-corrected chi connectivity index (χ3v) is 3.42. The van der Waals surface area contributed by atoms with Crippen LogP contribution in [0.25, 0.3) is 0 Å². The van der Waals surface area contributed by atoms with Gasteiger partial charge in [-0.3, -0.25) is 4.79 Å². The fourth-order valence-electron chi connectivity index (χ4n) is 2.23. The first-order valence-electron chi connectivity index (χ1n) is 6.90. The summed E-state index contributed by atoms with van der Waals surface area (Å²) in [6.07, 6.45) is 0. The van der Waals surface area contributed by atoms with Gasteiger partial charge in [-0.15, -0.1) is 0 Å². The predicted molar refractivity (Wildman–Crippen MR) is 72.9 cm³/mol. The molecule has 22 heavy (non-hydrogen) atoms. The van der Waals surface area contributed by atoms with Gasteiger partial charge in [0.05, 0.1) is 5.56 Å². The predicted octanol–water partition coefficient (Wildman–Crippen LogP) is 1.59. The van der Waals surface area contributed by atoms with Crippen LogP contribution in [0.2, 0.25) is 0 Å². The van der Waals surface area contributed by atoms with Gasteiger partial charge < -0.3 is 15.1 Å². The molecule has 3 amide bonds. The smallest absolute Gasteiger partial charge is 0.317 e. The number of benzene rings is 1. The highest BCUT2D eigenvalue weighted by molar-refractivity contribution is 5.94. The van der Waals surface area contributed by atoms with Crippen molar-refractivity contribution in [2.24, 2.45) is 0 Å². The fraction of sp³-hybridized carbons (Fsp3) is 0.429. The van der Waals surface area contributed by atoms with E-state index in [1.54, 1.807) is 6.92 Å². The summed E-state index contributed by atoms with van der Waals surface area (Å²) in [5, 5.41) is 2.65. The maximum Gasteiger partial charge on any atom is 0.317 e. The Bertz CT molecular complexity index is 587. The van der Waals surface area contributed by atoms with Crippen LogP contribution in [0, 0.1) is 17.5 Å².